The van der Waals surface area contributed by atoms with Gasteiger partial charge in [-0.25, -0.2) is 0 Å². The molecule has 1 aromatic carbocycles. The van der Waals surface area contributed by atoms with Crippen LogP contribution in [0.4, 0.5) is 11.4 Å². The molecule has 7 nitrogen and oxygen atoms in total. The highest BCUT2D eigenvalue weighted by atomic mass is 28.4. The van der Waals surface area contributed by atoms with Crippen molar-refractivity contribution in [2.75, 3.05) is 18.5 Å². The number of rotatable bonds is 11. The van der Waals surface area contributed by atoms with Gasteiger partial charge in [-0.3, -0.25) is 14.9 Å². The van der Waals surface area contributed by atoms with Crippen LogP contribution in [0.2, 0.25) is 18.1 Å². The Balaban J connectivity index is 3.00. The number of anilines is 1. The van der Waals surface area contributed by atoms with Gasteiger partial charge in [0.15, 0.2) is 8.32 Å². The van der Waals surface area contributed by atoms with E-state index in [1.165, 1.54) is 12.1 Å². The van der Waals surface area contributed by atoms with Gasteiger partial charge in [0.2, 0.25) is 0 Å². The highest BCUT2D eigenvalue weighted by molar-refractivity contribution is 6.72. The van der Waals surface area contributed by atoms with Crippen LogP contribution in [0.15, 0.2) is 18.2 Å². The number of nitro groups is 1. The summed E-state index contributed by atoms with van der Waals surface area (Å²) < 4.78 is 5.07. The number of nitrogens with zero attached hydrogens (tertiary/aromatic N) is 1. The van der Waals surface area contributed by atoms with Crippen molar-refractivity contribution in [2.24, 2.45) is 0 Å². The van der Waals surface area contributed by atoms with Crippen LogP contribution >= 0.6 is 0 Å². The molecule has 0 aliphatic heterocycles. The number of non-ortho nitro benzene ring substituents is 1. The molecule has 0 spiro atoms. The van der Waals surface area contributed by atoms with Crippen LogP contribution in [0.1, 0.15) is 59.4 Å². The summed E-state index contributed by atoms with van der Waals surface area (Å²) in [7, 11) is -2.26. The topological polar surface area (TPSA) is 102 Å². The van der Waals surface area contributed by atoms with Crippen molar-refractivity contribution >= 4 is 25.7 Å². The Morgan fingerprint density at radius 1 is 1.28 bits per heavy atom. The van der Waals surface area contributed by atoms with Crippen LogP contribution in [-0.2, 0) is 14.9 Å². The Bertz CT molecular complexity index is 726. The van der Waals surface area contributed by atoms with E-state index in [-0.39, 0.29) is 23.1 Å². The monoisotopic (exact) mass is 424 g/mol. The molecule has 0 fully saturated rings. The zero-order chi connectivity index (χ0) is 22.5. The van der Waals surface area contributed by atoms with Crippen molar-refractivity contribution in [3.8, 4) is 0 Å². The van der Waals surface area contributed by atoms with Crippen LogP contribution in [0.5, 0.6) is 0 Å². The SMILES string of the molecule is CCOC(=O)CC(C)(C)c1cc([N+](=O)[O-])ccc1NCCCC(C)(C)[Si](C)(C)O. The number of hydrogen-bond donors (Lipinski definition) is 2. The fourth-order valence-electron chi connectivity index (χ4n) is 3.09. The zero-order valence-electron chi connectivity index (χ0n) is 18.8. The van der Waals surface area contributed by atoms with Crippen molar-refractivity contribution in [3.05, 3.63) is 33.9 Å². The maximum absolute atomic E-state index is 12.0. The Morgan fingerprint density at radius 3 is 2.41 bits per heavy atom. The normalized spacial score (nSPS) is 12.6. The van der Waals surface area contributed by atoms with Crippen molar-refractivity contribution in [1.82, 2.24) is 0 Å². The fraction of sp³-hybridized carbons (Fsp3) is 0.667. The number of nitrogens with one attached hydrogen (secondary N) is 1. The summed E-state index contributed by atoms with van der Waals surface area (Å²) >= 11 is 0. The van der Waals surface area contributed by atoms with Crippen LogP contribution in [0.25, 0.3) is 0 Å². The molecule has 0 saturated carbocycles. The number of nitro benzene ring substituents is 1. The first-order valence-electron chi connectivity index (χ1n) is 10.1. The van der Waals surface area contributed by atoms with Crippen LogP contribution in [0.3, 0.4) is 0 Å². The lowest BCUT2D eigenvalue weighted by Gasteiger charge is -2.35. The summed E-state index contributed by atoms with van der Waals surface area (Å²) in [5.74, 6) is -0.327. The molecule has 0 radical (unpaired) electrons. The molecule has 0 saturated heterocycles. The van der Waals surface area contributed by atoms with Crippen LogP contribution < -0.4 is 5.32 Å². The van der Waals surface area contributed by atoms with Gasteiger partial charge in [0.05, 0.1) is 18.0 Å². The summed E-state index contributed by atoms with van der Waals surface area (Å²) in [5, 5.41) is 14.5. The predicted octanol–water partition coefficient (Wildman–Crippen LogP) is 5.00. The molecule has 1 aromatic rings. The van der Waals surface area contributed by atoms with Gasteiger partial charge in [0.25, 0.3) is 5.69 Å². The van der Waals surface area contributed by atoms with Gasteiger partial charge in [-0.1, -0.05) is 27.7 Å². The highest BCUT2D eigenvalue weighted by Gasteiger charge is 2.37. The van der Waals surface area contributed by atoms with Gasteiger partial charge in [-0.05, 0) is 49.5 Å². The van der Waals surface area contributed by atoms with Gasteiger partial charge in [-0.15, -0.1) is 0 Å². The average Bonchev–Trinajstić information content (AvgIpc) is 2.57. The summed E-state index contributed by atoms with van der Waals surface area (Å²) in [4.78, 5) is 33.3. The van der Waals surface area contributed by atoms with Gasteiger partial charge in [0, 0.05) is 29.8 Å². The minimum Gasteiger partial charge on any atom is -0.466 e. The molecular formula is C21H36N2O5Si. The van der Waals surface area contributed by atoms with E-state index in [9.17, 15) is 19.7 Å². The summed E-state index contributed by atoms with van der Waals surface area (Å²) in [6, 6.07) is 4.71. The van der Waals surface area contributed by atoms with E-state index in [2.05, 4.69) is 19.2 Å². The molecule has 8 heteroatoms. The molecule has 1 rings (SSSR count). The standard InChI is InChI=1S/C21H36N2O5Si/c1-8-28-19(24)15-20(2,3)17-14-16(23(25)26)10-11-18(17)22-13-9-12-21(4,5)29(6,7)27/h10-11,14,22,27H,8-9,12-13,15H2,1-7H3. The van der Waals surface area contributed by atoms with E-state index < -0.39 is 18.7 Å². The molecular weight excluding hydrogens is 388 g/mol. The second-order valence-corrected chi connectivity index (χ2v) is 13.8. The maximum atomic E-state index is 12.0. The minimum absolute atomic E-state index is 0.00310. The molecule has 0 aromatic heterocycles. The predicted molar refractivity (Wildman–Crippen MR) is 119 cm³/mol. The molecule has 0 aliphatic carbocycles. The summed E-state index contributed by atoms with van der Waals surface area (Å²) in [6.45, 7) is 14.6. The zero-order valence-corrected chi connectivity index (χ0v) is 19.8. The molecule has 0 bridgehead atoms. The Kier molecular flexibility index (Phi) is 8.41. The number of hydrogen-bond acceptors (Lipinski definition) is 6. The van der Waals surface area contributed by atoms with Crippen molar-refractivity contribution in [1.29, 1.82) is 0 Å². The Labute approximate surface area is 175 Å². The van der Waals surface area contributed by atoms with E-state index in [0.29, 0.717) is 13.2 Å². The molecule has 0 heterocycles. The third kappa shape index (κ3) is 7.11. The van der Waals surface area contributed by atoms with E-state index >= 15 is 0 Å². The first-order chi connectivity index (χ1) is 13.2. The van der Waals surface area contributed by atoms with Crippen molar-refractivity contribution in [2.45, 2.75) is 77.4 Å². The lowest BCUT2D eigenvalue weighted by atomic mass is 9.80. The van der Waals surface area contributed by atoms with E-state index in [0.717, 1.165) is 24.1 Å². The van der Waals surface area contributed by atoms with Crippen molar-refractivity contribution < 1.29 is 19.3 Å². The number of benzene rings is 1. The lowest BCUT2D eigenvalue weighted by Crippen LogP contribution is -2.39. The molecule has 0 unspecified atom stereocenters. The van der Waals surface area contributed by atoms with Gasteiger partial charge >= 0.3 is 5.97 Å². The largest absolute Gasteiger partial charge is 0.466 e. The highest BCUT2D eigenvalue weighted by Crippen LogP contribution is 2.40. The Morgan fingerprint density at radius 2 is 1.90 bits per heavy atom. The maximum Gasteiger partial charge on any atom is 0.306 e. The average molecular weight is 425 g/mol. The van der Waals surface area contributed by atoms with Crippen molar-refractivity contribution in [3.63, 3.8) is 0 Å². The summed E-state index contributed by atoms with van der Waals surface area (Å²) in [5.41, 5.74) is 0.871. The second kappa shape index (κ2) is 9.71. The summed E-state index contributed by atoms with van der Waals surface area (Å²) in [6.07, 6.45) is 1.87. The fourth-order valence-corrected chi connectivity index (χ4v) is 3.88. The third-order valence-corrected chi connectivity index (χ3v) is 9.35. The molecule has 0 aliphatic rings. The lowest BCUT2D eigenvalue weighted by molar-refractivity contribution is -0.384. The molecule has 0 atom stereocenters. The van der Waals surface area contributed by atoms with E-state index in [1.54, 1.807) is 13.0 Å². The number of esters is 1. The van der Waals surface area contributed by atoms with E-state index in [4.69, 9.17) is 4.74 Å². The van der Waals surface area contributed by atoms with Gasteiger partial charge < -0.3 is 14.8 Å². The van der Waals surface area contributed by atoms with Crippen LogP contribution in [-0.4, -0.2) is 37.2 Å². The quantitative estimate of drug-likeness (QED) is 0.170. The van der Waals surface area contributed by atoms with Gasteiger partial charge in [0.1, 0.15) is 0 Å². The molecule has 164 valence electrons. The first kappa shape index (κ1) is 25.1. The number of carbonyl (C=O) groups excluding carboxylic acids is 1. The Hall–Kier alpha value is -1.93. The molecule has 2 N–H and O–H groups in total. The smallest absolute Gasteiger partial charge is 0.306 e. The first-order valence-corrected chi connectivity index (χ1v) is 13.1. The van der Waals surface area contributed by atoms with Crippen LogP contribution in [0, 0.1) is 10.1 Å². The minimum atomic E-state index is -2.26. The number of ether oxygens (including phenoxy) is 1. The second-order valence-electron chi connectivity index (χ2n) is 9.33. The third-order valence-electron chi connectivity index (χ3n) is 5.78. The van der Waals surface area contributed by atoms with Gasteiger partial charge in [-0.2, -0.15) is 0 Å². The molecule has 29 heavy (non-hydrogen) atoms. The van der Waals surface area contributed by atoms with E-state index in [1.807, 2.05) is 26.9 Å². The number of carbonyl (C=O) groups is 1. The molecule has 0 amide bonds.